The van der Waals surface area contributed by atoms with Gasteiger partial charge in [0.25, 0.3) is 5.56 Å². The van der Waals surface area contributed by atoms with Gasteiger partial charge in [0.2, 0.25) is 11.8 Å². The van der Waals surface area contributed by atoms with Crippen LogP contribution in [0.5, 0.6) is 0 Å². The molecule has 2 aromatic heterocycles. The van der Waals surface area contributed by atoms with Gasteiger partial charge < -0.3 is 4.90 Å². The molecule has 1 spiro atoms. The number of rotatable bonds is 2. The second kappa shape index (κ2) is 8.69. The van der Waals surface area contributed by atoms with Crippen molar-refractivity contribution in [3.63, 3.8) is 0 Å². The Kier molecular flexibility index (Phi) is 5.56. The zero-order valence-corrected chi connectivity index (χ0v) is 21.1. The van der Waals surface area contributed by atoms with Crippen LogP contribution in [0.15, 0.2) is 47.4 Å². The third-order valence-electron chi connectivity index (χ3n) is 7.95. The number of hydrogen-bond acceptors (Lipinski definition) is 6. The van der Waals surface area contributed by atoms with Gasteiger partial charge in [-0.25, -0.2) is 9.78 Å². The molecule has 0 aliphatic carbocycles. The van der Waals surface area contributed by atoms with E-state index in [1.165, 1.54) is 4.40 Å². The summed E-state index contributed by atoms with van der Waals surface area (Å²) in [6.07, 6.45) is 4.70. The van der Waals surface area contributed by atoms with Crippen LogP contribution in [0, 0.1) is 12.3 Å². The van der Waals surface area contributed by atoms with Crippen LogP contribution in [-0.2, 0) is 22.6 Å². The van der Waals surface area contributed by atoms with Gasteiger partial charge in [-0.3, -0.25) is 29.0 Å². The van der Waals surface area contributed by atoms with E-state index >= 15 is 0 Å². The standard InChI is InChI=1S/C27H26ClN5O4/c1-16-8-7-13-32-21(16)29-22-18(23(32)34)14-27(20-11-3-2-6-12-31(20)22)24(35)30-26(37)33(25(27)36)15-17-9-4-5-10-19(17)28/h4-5,7-10,13,20H,2-3,6,11-12,14-15H2,1H3,(H,30,35,37)/t20-,27-/m1/s1. The van der Waals surface area contributed by atoms with Crippen molar-refractivity contribution in [2.45, 2.75) is 51.6 Å². The lowest BCUT2D eigenvalue weighted by Crippen LogP contribution is -2.72. The number of nitrogens with one attached hydrogen (secondary N) is 1. The minimum absolute atomic E-state index is 0.0763. The number of anilines is 1. The van der Waals surface area contributed by atoms with Gasteiger partial charge in [-0.2, -0.15) is 0 Å². The first-order valence-electron chi connectivity index (χ1n) is 12.5. The Morgan fingerprint density at radius 1 is 1.08 bits per heavy atom. The van der Waals surface area contributed by atoms with E-state index in [1.807, 2.05) is 17.9 Å². The number of aromatic nitrogens is 2. The van der Waals surface area contributed by atoms with Crippen LogP contribution in [0.4, 0.5) is 10.6 Å². The van der Waals surface area contributed by atoms with Crippen LogP contribution in [-0.4, -0.2) is 44.7 Å². The van der Waals surface area contributed by atoms with Crippen LogP contribution in [0.1, 0.15) is 42.4 Å². The van der Waals surface area contributed by atoms with Crippen molar-refractivity contribution >= 4 is 40.9 Å². The van der Waals surface area contributed by atoms with Crippen molar-refractivity contribution in [1.29, 1.82) is 0 Å². The highest BCUT2D eigenvalue weighted by Gasteiger charge is 2.62. The number of halogens is 1. The van der Waals surface area contributed by atoms with Crippen LogP contribution in [0.3, 0.4) is 0 Å². The lowest BCUT2D eigenvalue weighted by molar-refractivity contribution is -0.154. The van der Waals surface area contributed by atoms with Gasteiger partial charge in [0.1, 0.15) is 11.5 Å². The molecule has 3 aromatic rings. The van der Waals surface area contributed by atoms with Crippen LogP contribution in [0.25, 0.3) is 5.65 Å². The molecule has 2 fully saturated rings. The van der Waals surface area contributed by atoms with Gasteiger partial charge in [0.05, 0.1) is 18.2 Å². The molecule has 6 rings (SSSR count). The molecule has 9 nitrogen and oxygen atoms in total. The molecule has 5 heterocycles. The van der Waals surface area contributed by atoms with E-state index in [4.69, 9.17) is 16.6 Å². The molecular weight excluding hydrogens is 494 g/mol. The number of carbonyl (C=O) groups excluding carboxylic acids is 3. The lowest BCUT2D eigenvalue weighted by Gasteiger charge is -2.50. The van der Waals surface area contributed by atoms with Gasteiger partial charge in [0, 0.05) is 24.2 Å². The molecule has 190 valence electrons. The average Bonchev–Trinajstić information content (AvgIpc) is 3.14. The Balaban J connectivity index is 1.54. The van der Waals surface area contributed by atoms with Crippen LogP contribution in [0.2, 0.25) is 5.02 Å². The van der Waals surface area contributed by atoms with Gasteiger partial charge in [-0.1, -0.05) is 48.7 Å². The largest absolute Gasteiger partial charge is 0.352 e. The first-order valence-corrected chi connectivity index (χ1v) is 12.9. The smallest absolute Gasteiger partial charge is 0.331 e. The van der Waals surface area contributed by atoms with E-state index in [0.29, 0.717) is 40.6 Å². The number of barbiturate groups is 1. The van der Waals surface area contributed by atoms with E-state index in [1.54, 1.807) is 36.5 Å². The number of imide groups is 2. The second-order valence-electron chi connectivity index (χ2n) is 10.1. The van der Waals surface area contributed by atoms with Crippen molar-refractivity contribution in [2.75, 3.05) is 11.4 Å². The Morgan fingerprint density at radius 2 is 1.89 bits per heavy atom. The van der Waals surface area contributed by atoms with Crippen molar-refractivity contribution in [2.24, 2.45) is 5.41 Å². The van der Waals surface area contributed by atoms with Crippen LogP contribution >= 0.6 is 11.6 Å². The third-order valence-corrected chi connectivity index (χ3v) is 8.32. The normalized spacial score (nSPS) is 23.6. The number of benzene rings is 1. The summed E-state index contributed by atoms with van der Waals surface area (Å²) in [5, 5.41) is 2.86. The summed E-state index contributed by atoms with van der Waals surface area (Å²) in [5.41, 5.74) is 0.384. The Bertz CT molecular complexity index is 1530. The number of hydrogen-bond donors (Lipinski definition) is 1. The summed E-state index contributed by atoms with van der Waals surface area (Å²) < 4.78 is 1.47. The summed E-state index contributed by atoms with van der Waals surface area (Å²) in [6.45, 7) is 2.38. The number of nitrogens with zero attached hydrogens (tertiary/aromatic N) is 4. The summed E-state index contributed by atoms with van der Waals surface area (Å²) in [6, 6.07) is 9.33. The lowest BCUT2D eigenvalue weighted by atomic mass is 9.68. The van der Waals surface area contributed by atoms with Gasteiger partial charge in [-0.05, 0) is 43.0 Å². The second-order valence-corrected chi connectivity index (χ2v) is 10.5. The molecule has 3 aliphatic rings. The molecule has 0 radical (unpaired) electrons. The maximum Gasteiger partial charge on any atom is 0.331 e. The molecule has 4 amide bonds. The number of aryl methyl sites for hydroxylation is 1. The Labute approximate surface area is 218 Å². The average molecular weight is 520 g/mol. The van der Waals surface area contributed by atoms with Gasteiger partial charge in [0.15, 0.2) is 5.41 Å². The maximum atomic E-state index is 14.3. The minimum Gasteiger partial charge on any atom is -0.352 e. The molecule has 1 N–H and O–H groups in total. The first kappa shape index (κ1) is 23.7. The number of fused-ring (bicyclic) bond motifs is 5. The Morgan fingerprint density at radius 3 is 2.70 bits per heavy atom. The SMILES string of the molecule is Cc1cccn2c(=O)c3c(nc12)N1CCCCC[C@@H]1[C@]1(C3)C(=O)NC(=O)N(Cc2ccccc2Cl)C1=O. The fraction of sp³-hybridized carbons (Fsp3) is 0.370. The first-order chi connectivity index (χ1) is 17.8. The predicted molar refractivity (Wildman–Crippen MR) is 137 cm³/mol. The zero-order chi connectivity index (χ0) is 25.9. The molecule has 0 saturated carbocycles. The van der Waals surface area contributed by atoms with E-state index in [2.05, 4.69) is 5.32 Å². The molecular formula is C27H26ClN5O4. The minimum atomic E-state index is -1.63. The van der Waals surface area contributed by atoms with E-state index in [9.17, 15) is 19.2 Å². The summed E-state index contributed by atoms with van der Waals surface area (Å²) in [4.78, 5) is 62.6. The summed E-state index contributed by atoms with van der Waals surface area (Å²) >= 11 is 6.34. The number of carbonyl (C=O) groups is 3. The maximum absolute atomic E-state index is 14.3. The molecule has 2 saturated heterocycles. The highest BCUT2D eigenvalue weighted by molar-refractivity contribution is 6.31. The van der Waals surface area contributed by atoms with E-state index < -0.39 is 29.3 Å². The topological polar surface area (TPSA) is 104 Å². The highest BCUT2D eigenvalue weighted by atomic mass is 35.5. The van der Waals surface area contributed by atoms with E-state index in [0.717, 1.165) is 29.7 Å². The van der Waals surface area contributed by atoms with Crippen molar-refractivity contribution in [1.82, 2.24) is 19.6 Å². The summed E-state index contributed by atoms with van der Waals surface area (Å²) in [5.74, 6) is -0.723. The molecule has 0 bridgehead atoms. The van der Waals surface area contributed by atoms with E-state index in [-0.39, 0.29) is 18.5 Å². The fourth-order valence-electron chi connectivity index (χ4n) is 6.08. The molecule has 1 aromatic carbocycles. The number of amides is 4. The van der Waals surface area contributed by atoms with Gasteiger partial charge >= 0.3 is 6.03 Å². The highest BCUT2D eigenvalue weighted by Crippen LogP contribution is 2.46. The molecule has 10 heteroatoms. The molecule has 0 unspecified atom stereocenters. The number of pyridine rings is 1. The predicted octanol–water partition coefficient (Wildman–Crippen LogP) is 3.23. The van der Waals surface area contributed by atoms with Crippen molar-refractivity contribution < 1.29 is 14.4 Å². The zero-order valence-electron chi connectivity index (χ0n) is 20.4. The quantitative estimate of drug-likeness (QED) is 0.521. The third kappa shape index (κ3) is 3.48. The summed E-state index contributed by atoms with van der Waals surface area (Å²) in [7, 11) is 0. The number of urea groups is 1. The molecule has 2 atom stereocenters. The van der Waals surface area contributed by atoms with Crippen LogP contribution < -0.4 is 15.8 Å². The Hall–Kier alpha value is -3.72. The fourth-order valence-corrected chi connectivity index (χ4v) is 6.28. The molecule has 3 aliphatic heterocycles. The molecule has 37 heavy (non-hydrogen) atoms. The van der Waals surface area contributed by atoms with Gasteiger partial charge in [-0.15, -0.1) is 0 Å². The van der Waals surface area contributed by atoms with Crippen molar-refractivity contribution in [3.8, 4) is 0 Å². The van der Waals surface area contributed by atoms with Crippen molar-refractivity contribution in [3.05, 3.63) is 74.7 Å². The monoisotopic (exact) mass is 519 g/mol.